The number of amides is 1. The van der Waals surface area contributed by atoms with Crippen LogP contribution in [-0.2, 0) is 32.5 Å². The molecule has 0 aliphatic heterocycles. The molecule has 0 saturated heterocycles. The summed E-state index contributed by atoms with van der Waals surface area (Å²) in [7, 11) is 4.77. The highest BCUT2D eigenvalue weighted by atomic mass is 16.2. The van der Waals surface area contributed by atoms with Crippen LogP contribution >= 0.6 is 0 Å². The molecule has 138 valence electrons. The fourth-order valence-electron chi connectivity index (χ4n) is 2.98. The van der Waals surface area contributed by atoms with E-state index in [0.29, 0.717) is 0 Å². The normalized spacial score (nSPS) is 12.5. The van der Waals surface area contributed by atoms with E-state index in [0.717, 1.165) is 15.8 Å². The number of hydrogen-bond acceptors (Lipinski definition) is 5. The Morgan fingerprint density at radius 1 is 1.23 bits per heavy atom. The highest BCUT2D eigenvalue weighted by Crippen LogP contribution is 2.16. The number of rotatable bonds is 4. The summed E-state index contributed by atoms with van der Waals surface area (Å²) in [5.74, 6) is -0.268. The van der Waals surface area contributed by atoms with Crippen LogP contribution in [-0.4, -0.2) is 34.4 Å². The Morgan fingerprint density at radius 2 is 1.92 bits per heavy atom. The van der Waals surface area contributed by atoms with Gasteiger partial charge in [-0.1, -0.05) is 0 Å². The molecule has 0 aliphatic carbocycles. The summed E-state index contributed by atoms with van der Waals surface area (Å²) >= 11 is 0. The van der Waals surface area contributed by atoms with Crippen molar-refractivity contribution in [1.82, 2.24) is 33.8 Å². The molecular weight excluding hydrogens is 338 g/mol. The minimum Gasteiger partial charge on any atom is -0.348 e. The van der Waals surface area contributed by atoms with Crippen LogP contribution in [0.2, 0.25) is 0 Å². The van der Waals surface area contributed by atoms with E-state index < -0.39 is 11.2 Å². The first kappa shape index (κ1) is 17.6. The Labute approximate surface area is 148 Å². The van der Waals surface area contributed by atoms with E-state index in [9.17, 15) is 14.4 Å². The van der Waals surface area contributed by atoms with E-state index in [2.05, 4.69) is 15.4 Å². The minimum absolute atomic E-state index is 0.0758. The summed E-state index contributed by atoms with van der Waals surface area (Å²) < 4.78 is 5.48. The molecule has 10 heteroatoms. The molecular formula is C16H21N7O3. The predicted octanol–water partition coefficient (Wildman–Crippen LogP) is -0.647. The lowest BCUT2D eigenvalue weighted by Gasteiger charge is -2.14. The van der Waals surface area contributed by atoms with Crippen LogP contribution < -0.4 is 16.6 Å². The zero-order valence-electron chi connectivity index (χ0n) is 15.3. The van der Waals surface area contributed by atoms with Crippen molar-refractivity contribution in [3.05, 3.63) is 44.6 Å². The van der Waals surface area contributed by atoms with Gasteiger partial charge in [0.25, 0.3) is 5.56 Å². The maximum absolute atomic E-state index is 12.4. The Balaban J connectivity index is 1.88. The van der Waals surface area contributed by atoms with Gasteiger partial charge in [-0.3, -0.25) is 23.4 Å². The molecule has 1 N–H and O–H groups in total. The third-order valence-corrected chi connectivity index (χ3v) is 4.65. The third-order valence-electron chi connectivity index (χ3n) is 4.65. The van der Waals surface area contributed by atoms with Gasteiger partial charge in [0.05, 0.1) is 18.6 Å². The molecule has 0 bridgehead atoms. The Kier molecular flexibility index (Phi) is 4.26. The molecule has 0 radical (unpaired) electrons. The number of hydrogen-bond donors (Lipinski definition) is 1. The number of carbonyl (C=O) groups is 1. The molecule has 3 heterocycles. The SMILES string of the molecule is Cc1c(C(C)NC(=O)Cn2cnc3c2c(=O)n(C)c(=O)n3C)cnn1C. The Bertz CT molecular complexity index is 1120. The number of aromatic nitrogens is 6. The monoisotopic (exact) mass is 359 g/mol. The molecule has 0 spiro atoms. The first-order chi connectivity index (χ1) is 12.2. The van der Waals surface area contributed by atoms with Crippen LogP contribution in [0.1, 0.15) is 24.2 Å². The molecule has 0 aromatic carbocycles. The van der Waals surface area contributed by atoms with Crippen molar-refractivity contribution in [3.8, 4) is 0 Å². The maximum Gasteiger partial charge on any atom is 0.332 e. The van der Waals surface area contributed by atoms with Crippen LogP contribution in [0, 0.1) is 6.92 Å². The second-order valence-corrected chi connectivity index (χ2v) is 6.35. The van der Waals surface area contributed by atoms with Gasteiger partial charge in [0.15, 0.2) is 11.2 Å². The van der Waals surface area contributed by atoms with Gasteiger partial charge in [0.2, 0.25) is 5.91 Å². The van der Waals surface area contributed by atoms with Crippen LogP contribution in [0.3, 0.4) is 0 Å². The second kappa shape index (κ2) is 6.28. The molecule has 3 aromatic heterocycles. The van der Waals surface area contributed by atoms with Crippen LogP contribution in [0.4, 0.5) is 0 Å². The summed E-state index contributed by atoms with van der Waals surface area (Å²) in [5.41, 5.74) is 1.42. The first-order valence-corrected chi connectivity index (χ1v) is 8.11. The van der Waals surface area contributed by atoms with Gasteiger partial charge in [-0.15, -0.1) is 0 Å². The van der Waals surface area contributed by atoms with Gasteiger partial charge in [0.1, 0.15) is 6.54 Å². The predicted molar refractivity (Wildman–Crippen MR) is 94.7 cm³/mol. The molecule has 1 unspecified atom stereocenters. The lowest BCUT2D eigenvalue weighted by atomic mass is 10.1. The highest BCUT2D eigenvalue weighted by Gasteiger charge is 2.18. The zero-order valence-corrected chi connectivity index (χ0v) is 15.3. The van der Waals surface area contributed by atoms with Crippen molar-refractivity contribution < 1.29 is 4.79 Å². The number of aryl methyl sites for hydroxylation is 2. The van der Waals surface area contributed by atoms with Gasteiger partial charge < -0.3 is 9.88 Å². The van der Waals surface area contributed by atoms with Gasteiger partial charge in [-0.2, -0.15) is 5.10 Å². The zero-order chi connectivity index (χ0) is 19.2. The average molecular weight is 359 g/mol. The molecule has 1 amide bonds. The molecule has 3 aromatic rings. The molecule has 1 atom stereocenters. The number of imidazole rings is 1. The van der Waals surface area contributed by atoms with Crippen molar-refractivity contribution in [2.75, 3.05) is 0 Å². The second-order valence-electron chi connectivity index (χ2n) is 6.35. The fourth-order valence-corrected chi connectivity index (χ4v) is 2.98. The van der Waals surface area contributed by atoms with Crippen molar-refractivity contribution >= 4 is 17.1 Å². The van der Waals surface area contributed by atoms with Crippen molar-refractivity contribution in [3.63, 3.8) is 0 Å². The largest absolute Gasteiger partial charge is 0.348 e. The molecule has 0 fully saturated rings. The standard InChI is InChI=1S/C16H21N7O3/c1-9(11-6-18-22(5)10(11)2)19-12(24)7-23-8-17-14-13(23)15(25)21(4)16(26)20(14)3/h6,8-9H,7H2,1-5H3,(H,19,24). The van der Waals surface area contributed by atoms with Gasteiger partial charge in [0, 0.05) is 32.4 Å². The number of fused-ring (bicyclic) bond motifs is 1. The molecule has 26 heavy (non-hydrogen) atoms. The number of nitrogens with one attached hydrogen (secondary N) is 1. The van der Waals surface area contributed by atoms with E-state index in [4.69, 9.17) is 0 Å². The van der Waals surface area contributed by atoms with Crippen LogP contribution in [0.5, 0.6) is 0 Å². The lowest BCUT2D eigenvalue weighted by Crippen LogP contribution is -2.38. The van der Waals surface area contributed by atoms with E-state index in [-0.39, 0.29) is 29.7 Å². The Hall–Kier alpha value is -3.17. The van der Waals surface area contributed by atoms with Crippen LogP contribution in [0.15, 0.2) is 22.1 Å². The highest BCUT2D eigenvalue weighted by molar-refractivity contribution is 5.79. The Morgan fingerprint density at radius 3 is 2.54 bits per heavy atom. The van der Waals surface area contributed by atoms with E-state index >= 15 is 0 Å². The fraction of sp³-hybridized carbons (Fsp3) is 0.438. The van der Waals surface area contributed by atoms with Crippen molar-refractivity contribution in [2.24, 2.45) is 21.1 Å². The third kappa shape index (κ3) is 2.72. The topological polar surface area (TPSA) is 109 Å². The smallest absolute Gasteiger partial charge is 0.332 e. The van der Waals surface area contributed by atoms with Gasteiger partial charge in [-0.05, 0) is 13.8 Å². The van der Waals surface area contributed by atoms with Gasteiger partial charge in [-0.25, -0.2) is 9.78 Å². The van der Waals surface area contributed by atoms with Crippen molar-refractivity contribution in [1.29, 1.82) is 0 Å². The lowest BCUT2D eigenvalue weighted by molar-refractivity contribution is -0.122. The maximum atomic E-state index is 12.4. The summed E-state index contributed by atoms with van der Waals surface area (Å²) in [6.07, 6.45) is 3.11. The van der Waals surface area contributed by atoms with E-state index in [1.165, 1.54) is 29.6 Å². The molecule has 0 aliphatic rings. The van der Waals surface area contributed by atoms with Gasteiger partial charge >= 0.3 is 5.69 Å². The summed E-state index contributed by atoms with van der Waals surface area (Å²) in [6.45, 7) is 3.73. The minimum atomic E-state index is -0.482. The summed E-state index contributed by atoms with van der Waals surface area (Å²) in [6, 6.07) is -0.224. The van der Waals surface area contributed by atoms with E-state index in [1.807, 2.05) is 20.9 Å². The van der Waals surface area contributed by atoms with E-state index in [1.54, 1.807) is 10.9 Å². The quantitative estimate of drug-likeness (QED) is 0.666. The molecule has 10 nitrogen and oxygen atoms in total. The average Bonchev–Trinajstić information content (AvgIpc) is 3.15. The number of nitrogens with zero attached hydrogens (tertiary/aromatic N) is 6. The van der Waals surface area contributed by atoms with Crippen molar-refractivity contribution in [2.45, 2.75) is 26.4 Å². The summed E-state index contributed by atoms with van der Waals surface area (Å²) in [4.78, 5) is 40.9. The first-order valence-electron chi connectivity index (χ1n) is 8.11. The van der Waals surface area contributed by atoms with Crippen LogP contribution in [0.25, 0.3) is 11.2 Å². The summed E-state index contributed by atoms with van der Waals surface area (Å²) in [5, 5.41) is 7.07. The molecule has 3 rings (SSSR count). The number of carbonyl (C=O) groups excluding carboxylic acids is 1. The molecule has 0 saturated carbocycles.